The standard InChI is InChI=1S/C12H19NO4S2/c1-8(12(2,3)4)13(5)19(16,17)10-7-6-9(18-10)11(14)15/h6-8H,1-5H3,(H,14,15). The minimum Gasteiger partial charge on any atom is -0.477 e. The molecule has 0 aliphatic heterocycles. The maximum Gasteiger partial charge on any atom is 0.345 e. The molecule has 0 saturated heterocycles. The predicted octanol–water partition coefficient (Wildman–Crippen LogP) is 2.50. The minimum absolute atomic E-state index is 0.0235. The number of carboxylic acid groups (broad SMARTS) is 1. The smallest absolute Gasteiger partial charge is 0.345 e. The van der Waals surface area contributed by atoms with Gasteiger partial charge >= 0.3 is 5.97 Å². The molecule has 108 valence electrons. The van der Waals surface area contributed by atoms with Crippen LogP contribution in [0.2, 0.25) is 0 Å². The van der Waals surface area contributed by atoms with E-state index in [1.165, 1.54) is 23.5 Å². The van der Waals surface area contributed by atoms with E-state index in [1.54, 1.807) is 0 Å². The summed E-state index contributed by atoms with van der Waals surface area (Å²) in [5.74, 6) is -1.11. The first kappa shape index (κ1) is 16.1. The number of hydrogen-bond donors (Lipinski definition) is 1. The van der Waals surface area contributed by atoms with Crippen LogP contribution in [0, 0.1) is 5.41 Å². The Balaban J connectivity index is 3.13. The van der Waals surface area contributed by atoms with E-state index in [1.807, 2.05) is 27.7 Å². The number of aromatic carboxylic acids is 1. The van der Waals surface area contributed by atoms with Gasteiger partial charge in [0.15, 0.2) is 0 Å². The lowest BCUT2D eigenvalue weighted by Crippen LogP contribution is -2.42. The van der Waals surface area contributed by atoms with E-state index in [2.05, 4.69) is 0 Å². The lowest BCUT2D eigenvalue weighted by Gasteiger charge is -2.34. The fourth-order valence-electron chi connectivity index (χ4n) is 1.47. The second kappa shape index (κ2) is 5.22. The highest BCUT2D eigenvalue weighted by Crippen LogP contribution is 2.30. The van der Waals surface area contributed by atoms with Crippen LogP contribution in [-0.4, -0.2) is 36.9 Å². The van der Waals surface area contributed by atoms with Crippen molar-refractivity contribution < 1.29 is 18.3 Å². The Hall–Kier alpha value is -0.920. The molecular formula is C12H19NO4S2. The summed E-state index contributed by atoms with van der Waals surface area (Å²) in [6.07, 6.45) is 0. The first-order valence-electron chi connectivity index (χ1n) is 5.79. The van der Waals surface area contributed by atoms with Crippen molar-refractivity contribution in [1.82, 2.24) is 4.31 Å². The Morgan fingerprint density at radius 1 is 1.37 bits per heavy atom. The van der Waals surface area contributed by atoms with Gasteiger partial charge in [-0.25, -0.2) is 13.2 Å². The normalized spacial score (nSPS) is 14.6. The van der Waals surface area contributed by atoms with E-state index in [0.717, 1.165) is 11.3 Å². The van der Waals surface area contributed by atoms with Gasteiger partial charge in [0.2, 0.25) is 0 Å². The van der Waals surface area contributed by atoms with Gasteiger partial charge < -0.3 is 5.11 Å². The lowest BCUT2D eigenvalue weighted by molar-refractivity contribution is 0.0702. The molecule has 0 radical (unpaired) electrons. The van der Waals surface area contributed by atoms with Gasteiger partial charge in [-0.3, -0.25) is 0 Å². The molecule has 0 amide bonds. The second-order valence-corrected chi connectivity index (χ2v) is 8.80. The minimum atomic E-state index is -3.65. The average molecular weight is 305 g/mol. The van der Waals surface area contributed by atoms with Gasteiger partial charge in [-0.1, -0.05) is 20.8 Å². The van der Waals surface area contributed by atoms with Crippen LogP contribution in [-0.2, 0) is 10.0 Å². The molecule has 19 heavy (non-hydrogen) atoms. The Kier molecular flexibility index (Phi) is 4.44. The van der Waals surface area contributed by atoms with E-state index < -0.39 is 16.0 Å². The molecule has 1 unspecified atom stereocenters. The summed E-state index contributed by atoms with van der Waals surface area (Å²) in [5, 5.41) is 8.84. The van der Waals surface area contributed by atoms with E-state index in [4.69, 9.17) is 5.11 Å². The maximum atomic E-state index is 12.4. The van der Waals surface area contributed by atoms with Crippen LogP contribution in [0.4, 0.5) is 0 Å². The summed E-state index contributed by atoms with van der Waals surface area (Å²) in [7, 11) is -2.13. The van der Waals surface area contributed by atoms with Crippen molar-refractivity contribution in [2.75, 3.05) is 7.05 Å². The number of carboxylic acids is 1. The summed E-state index contributed by atoms with van der Waals surface area (Å²) < 4.78 is 26.2. The topological polar surface area (TPSA) is 74.7 Å². The third kappa shape index (κ3) is 3.34. The molecule has 0 aliphatic rings. The monoisotopic (exact) mass is 305 g/mol. The highest BCUT2D eigenvalue weighted by molar-refractivity contribution is 7.91. The van der Waals surface area contributed by atoms with Gasteiger partial charge in [0.25, 0.3) is 10.0 Å². The Morgan fingerprint density at radius 3 is 2.26 bits per heavy atom. The Labute approximate surface area is 117 Å². The molecule has 1 aromatic rings. The van der Waals surface area contributed by atoms with E-state index in [0.29, 0.717) is 0 Å². The van der Waals surface area contributed by atoms with Gasteiger partial charge in [0.05, 0.1) is 0 Å². The van der Waals surface area contributed by atoms with Gasteiger partial charge in [0, 0.05) is 13.1 Å². The maximum absolute atomic E-state index is 12.4. The Morgan fingerprint density at radius 2 is 1.89 bits per heavy atom. The van der Waals surface area contributed by atoms with Gasteiger partial charge in [-0.2, -0.15) is 4.31 Å². The highest BCUT2D eigenvalue weighted by Gasteiger charge is 2.33. The zero-order chi connectivity index (χ0) is 15.0. The summed E-state index contributed by atoms with van der Waals surface area (Å²) in [4.78, 5) is 10.8. The first-order valence-corrected chi connectivity index (χ1v) is 8.04. The number of sulfonamides is 1. The van der Waals surface area contributed by atoms with Crippen molar-refractivity contribution in [3.05, 3.63) is 17.0 Å². The number of rotatable bonds is 4. The second-order valence-electron chi connectivity index (χ2n) is 5.49. The van der Waals surface area contributed by atoms with Crippen LogP contribution < -0.4 is 0 Å². The van der Waals surface area contributed by atoms with Gasteiger partial charge in [-0.05, 0) is 24.5 Å². The van der Waals surface area contributed by atoms with Crippen LogP contribution in [0.1, 0.15) is 37.4 Å². The van der Waals surface area contributed by atoms with Gasteiger partial charge in [-0.15, -0.1) is 11.3 Å². The van der Waals surface area contributed by atoms with Crippen molar-refractivity contribution >= 4 is 27.3 Å². The number of nitrogens with zero attached hydrogens (tertiary/aromatic N) is 1. The number of hydrogen-bond acceptors (Lipinski definition) is 4. The number of carbonyl (C=O) groups is 1. The lowest BCUT2D eigenvalue weighted by atomic mass is 9.88. The van der Waals surface area contributed by atoms with Crippen molar-refractivity contribution in [1.29, 1.82) is 0 Å². The van der Waals surface area contributed by atoms with Crippen molar-refractivity contribution in [3.63, 3.8) is 0 Å². The fourth-order valence-corrected chi connectivity index (χ4v) is 4.35. The molecule has 0 saturated carbocycles. The highest BCUT2D eigenvalue weighted by atomic mass is 32.2. The molecule has 0 aliphatic carbocycles. The van der Waals surface area contributed by atoms with Crippen molar-refractivity contribution in [3.8, 4) is 0 Å². The molecular weight excluding hydrogens is 286 g/mol. The van der Waals surface area contributed by atoms with E-state index >= 15 is 0 Å². The van der Waals surface area contributed by atoms with E-state index in [-0.39, 0.29) is 20.5 Å². The van der Waals surface area contributed by atoms with E-state index in [9.17, 15) is 13.2 Å². The molecule has 1 atom stereocenters. The molecule has 5 nitrogen and oxygen atoms in total. The molecule has 1 rings (SSSR count). The van der Waals surface area contributed by atoms with Gasteiger partial charge in [0.1, 0.15) is 9.09 Å². The summed E-state index contributed by atoms with van der Waals surface area (Å²) in [6.45, 7) is 7.71. The SMILES string of the molecule is CC(N(C)S(=O)(=O)c1ccc(C(=O)O)s1)C(C)(C)C. The molecule has 0 fully saturated rings. The molecule has 1 aromatic heterocycles. The summed E-state index contributed by atoms with van der Waals surface area (Å²) >= 11 is 0.775. The molecule has 0 spiro atoms. The van der Waals surface area contributed by atoms with Crippen LogP contribution in [0.25, 0.3) is 0 Å². The quantitative estimate of drug-likeness (QED) is 0.927. The largest absolute Gasteiger partial charge is 0.477 e. The fraction of sp³-hybridized carbons (Fsp3) is 0.583. The summed E-state index contributed by atoms with van der Waals surface area (Å²) in [6, 6.07) is 2.46. The number of thiophene rings is 1. The Bertz CT molecular complexity index is 569. The zero-order valence-electron chi connectivity index (χ0n) is 11.7. The molecule has 1 heterocycles. The van der Waals surface area contributed by atoms with Crippen LogP contribution >= 0.6 is 11.3 Å². The van der Waals surface area contributed by atoms with Crippen LogP contribution in [0.15, 0.2) is 16.3 Å². The van der Waals surface area contributed by atoms with Crippen LogP contribution in [0.3, 0.4) is 0 Å². The predicted molar refractivity (Wildman–Crippen MR) is 75.1 cm³/mol. The molecule has 7 heteroatoms. The first-order chi connectivity index (χ1) is 8.48. The third-order valence-electron chi connectivity index (χ3n) is 3.22. The zero-order valence-corrected chi connectivity index (χ0v) is 13.3. The van der Waals surface area contributed by atoms with Crippen molar-refractivity contribution in [2.24, 2.45) is 5.41 Å². The molecule has 0 aromatic carbocycles. The average Bonchev–Trinajstić information content (AvgIpc) is 2.75. The van der Waals surface area contributed by atoms with Crippen LogP contribution in [0.5, 0.6) is 0 Å². The molecule has 0 bridgehead atoms. The third-order valence-corrected chi connectivity index (χ3v) is 6.69. The van der Waals surface area contributed by atoms with Crippen molar-refractivity contribution in [2.45, 2.75) is 37.9 Å². The molecule has 1 N–H and O–H groups in total. The summed E-state index contributed by atoms with van der Waals surface area (Å²) in [5.41, 5.74) is -0.200.